The van der Waals surface area contributed by atoms with Crippen LogP contribution in [-0.4, -0.2) is 5.91 Å². The van der Waals surface area contributed by atoms with Crippen molar-refractivity contribution in [3.63, 3.8) is 0 Å². The highest BCUT2D eigenvalue weighted by atomic mass is 35.5. The zero-order valence-electron chi connectivity index (χ0n) is 13.8. The second kappa shape index (κ2) is 6.54. The van der Waals surface area contributed by atoms with Crippen molar-refractivity contribution in [2.75, 3.05) is 5.32 Å². The standard InChI is InChI=1S/C20H18ClNO2/c1-12-4-9-18(13(2)10-12)22-20(23)17-11-19(24-14(17)3)15-5-7-16(21)8-6-15/h4-11H,1-3H3,(H,22,23). The van der Waals surface area contributed by atoms with Gasteiger partial charge in [-0.05, 0) is 62.7 Å². The van der Waals surface area contributed by atoms with Gasteiger partial charge in [0, 0.05) is 16.3 Å². The Morgan fingerprint density at radius 2 is 1.71 bits per heavy atom. The minimum absolute atomic E-state index is 0.177. The van der Waals surface area contributed by atoms with Gasteiger partial charge in [0.05, 0.1) is 5.56 Å². The van der Waals surface area contributed by atoms with Crippen molar-refractivity contribution in [2.24, 2.45) is 0 Å². The smallest absolute Gasteiger partial charge is 0.259 e. The number of anilines is 1. The molecule has 0 bridgehead atoms. The summed E-state index contributed by atoms with van der Waals surface area (Å²) in [5, 5.41) is 3.61. The van der Waals surface area contributed by atoms with Crippen LogP contribution in [-0.2, 0) is 0 Å². The Kier molecular flexibility index (Phi) is 4.45. The van der Waals surface area contributed by atoms with E-state index in [1.807, 2.05) is 44.2 Å². The van der Waals surface area contributed by atoms with Crippen LogP contribution in [0.3, 0.4) is 0 Å². The molecule has 1 heterocycles. The second-order valence-electron chi connectivity index (χ2n) is 5.86. The largest absolute Gasteiger partial charge is 0.461 e. The molecule has 24 heavy (non-hydrogen) atoms. The molecule has 3 rings (SSSR count). The summed E-state index contributed by atoms with van der Waals surface area (Å²) in [5.74, 6) is 1.06. The third kappa shape index (κ3) is 3.36. The number of nitrogens with one attached hydrogen (secondary N) is 1. The van der Waals surface area contributed by atoms with Crippen LogP contribution in [0, 0.1) is 20.8 Å². The monoisotopic (exact) mass is 339 g/mol. The van der Waals surface area contributed by atoms with Crippen LogP contribution < -0.4 is 5.32 Å². The summed E-state index contributed by atoms with van der Waals surface area (Å²) in [6.45, 7) is 5.79. The van der Waals surface area contributed by atoms with Gasteiger partial charge in [0.1, 0.15) is 11.5 Å². The van der Waals surface area contributed by atoms with Gasteiger partial charge < -0.3 is 9.73 Å². The molecule has 3 nitrogen and oxygen atoms in total. The van der Waals surface area contributed by atoms with Gasteiger partial charge in [0.25, 0.3) is 5.91 Å². The predicted octanol–water partition coefficient (Wildman–Crippen LogP) is 5.78. The highest BCUT2D eigenvalue weighted by Gasteiger charge is 2.16. The predicted molar refractivity (Wildman–Crippen MR) is 97.8 cm³/mol. The first-order valence-corrected chi connectivity index (χ1v) is 8.07. The fraction of sp³-hybridized carbons (Fsp3) is 0.150. The van der Waals surface area contributed by atoms with Gasteiger partial charge in [0.15, 0.2) is 0 Å². The Hall–Kier alpha value is -2.52. The molecule has 1 amide bonds. The average molecular weight is 340 g/mol. The normalized spacial score (nSPS) is 10.7. The lowest BCUT2D eigenvalue weighted by atomic mass is 10.1. The minimum atomic E-state index is -0.177. The number of aryl methyl sites for hydroxylation is 3. The van der Waals surface area contributed by atoms with E-state index in [9.17, 15) is 4.79 Å². The molecule has 0 atom stereocenters. The molecule has 0 aliphatic carbocycles. The molecule has 0 saturated heterocycles. The van der Waals surface area contributed by atoms with Crippen molar-refractivity contribution in [2.45, 2.75) is 20.8 Å². The zero-order chi connectivity index (χ0) is 17.3. The van der Waals surface area contributed by atoms with E-state index in [0.29, 0.717) is 22.1 Å². The van der Waals surface area contributed by atoms with Gasteiger partial charge >= 0.3 is 0 Å². The second-order valence-corrected chi connectivity index (χ2v) is 6.30. The highest BCUT2D eigenvalue weighted by Crippen LogP contribution is 2.27. The van der Waals surface area contributed by atoms with Crippen LogP contribution in [0.25, 0.3) is 11.3 Å². The van der Waals surface area contributed by atoms with E-state index >= 15 is 0 Å². The van der Waals surface area contributed by atoms with Crippen LogP contribution in [0.15, 0.2) is 52.9 Å². The van der Waals surface area contributed by atoms with Crippen molar-refractivity contribution >= 4 is 23.2 Å². The Labute approximate surface area is 146 Å². The van der Waals surface area contributed by atoms with E-state index in [1.54, 1.807) is 25.1 Å². The highest BCUT2D eigenvalue weighted by molar-refractivity contribution is 6.30. The summed E-state index contributed by atoms with van der Waals surface area (Å²) < 4.78 is 5.74. The first kappa shape index (κ1) is 16.3. The summed E-state index contributed by atoms with van der Waals surface area (Å²) in [7, 11) is 0. The summed E-state index contributed by atoms with van der Waals surface area (Å²) in [6.07, 6.45) is 0. The van der Waals surface area contributed by atoms with E-state index in [4.69, 9.17) is 16.0 Å². The molecule has 4 heteroatoms. The van der Waals surface area contributed by atoms with Gasteiger partial charge in [-0.2, -0.15) is 0 Å². The Balaban J connectivity index is 1.86. The van der Waals surface area contributed by atoms with Gasteiger partial charge in [-0.25, -0.2) is 0 Å². The van der Waals surface area contributed by atoms with Crippen LogP contribution in [0.1, 0.15) is 27.2 Å². The maximum atomic E-state index is 12.6. The van der Waals surface area contributed by atoms with Crippen LogP contribution >= 0.6 is 11.6 Å². The van der Waals surface area contributed by atoms with Crippen molar-refractivity contribution in [3.05, 3.63) is 76.0 Å². The molecule has 1 aromatic heterocycles. The van der Waals surface area contributed by atoms with Gasteiger partial charge in [-0.1, -0.05) is 29.3 Å². The van der Waals surface area contributed by atoms with E-state index in [0.717, 1.165) is 22.4 Å². The lowest BCUT2D eigenvalue weighted by Crippen LogP contribution is -2.13. The zero-order valence-corrected chi connectivity index (χ0v) is 14.6. The molecule has 3 aromatic rings. The number of hydrogen-bond acceptors (Lipinski definition) is 2. The van der Waals surface area contributed by atoms with Crippen molar-refractivity contribution in [1.29, 1.82) is 0 Å². The third-order valence-electron chi connectivity index (χ3n) is 3.92. The summed E-state index contributed by atoms with van der Waals surface area (Å²) in [6, 6.07) is 15.0. The number of halogens is 1. The number of furan rings is 1. The lowest BCUT2D eigenvalue weighted by Gasteiger charge is -2.08. The maximum absolute atomic E-state index is 12.6. The fourth-order valence-electron chi connectivity index (χ4n) is 2.61. The van der Waals surface area contributed by atoms with E-state index in [1.165, 1.54) is 0 Å². The van der Waals surface area contributed by atoms with Crippen LogP contribution in [0.2, 0.25) is 5.02 Å². The molecule has 0 saturated carbocycles. The number of rotatable bonds is 3. The number of carbonyl (C=O) groups excluding carboxylic acids is 1. The fourth-order valence-corrected chi connectivity index (χ4v) is 2.73. The summed E-state index contributed by atoms with van der Waals surface area (Å²) in [5.41, 5.74) is 4.41. The Morgan fingerprint density at radius 3 is 2.38 bits per heavy atom. The van der Waals surface area contributed by atoms with Gasteiger partial charge in [-0.15, -0.1) is 0 Å². The molecule has 0 aliphatic heterocycles. The molecular formula is C20H18ClNO2. The average Bonchev–Trinajstić information content (AvgIpc) is 2.93. The molecule has 1 N–H and O–H groups in total. The molecule has 122 valence electrons. The summed E-state index contributed by atoms with van der Waals surface area (Å²) in [4.78, 5) is 12.6. The molecular weight excluding hydrogens is 322 g/mol. The van der Waals surface area contributed by atoms with Crippen molar-refractivity contribution in [1.82, 2.24) is 0 Å². The molecule has 0 fully saturated rings. The van der Waals surface area contributed by atoms with E-state index in [-0.39, 0.29) is 5.91 Å². The van der Waals surface area contributed by atoms with Gasteiger partial charge in [0.2, 0.25) is 0 Å². The first-order chi connectivity index (χ1) is 11.4. The van der Waals surface area contributed by atoms with Crippen LogP contribution in [0.5, 0.6) is 0 Å². The van der Waals surface area contributed by atoms with E-state index < -0.39 is 0 Å². The molecule has 0 radical (unpaired) electrons. The molecule has 0 unspecified atom stereocenters. The first-order valence-electron chi connectivity index (χ1n) is 7.69. The Bertz CT molecular complexity index is 895. The number of carbonyl (C=O) groups is 1. The third-order valence-corrected chi connectivity index (χ3v) is 4.17. The maximum Gasteiger partial charge on any atom is 0.259 e. The molecule has 0 aliphatic rings. The lowest BCUT2D eigenvalue weighted by molar-refractivity contribution is 0.102. The van der Waals surface area contributed by atoms with Crippen molar-refractivity contribution < 1.29 is 9.21 Å². The molecule has 0 spiro atoms. The number of benzene rings is 2. The van der Waals surface area contributed by atoms with Crippen molar-refractivity contribution in [3.8, 4) is 11.3 Å². The van der Waals surface area contributed by atoms with Gasteiger partial charge in [-0.3, -0.25) is 4.79 Å². The Morgan fingerprint density at radius 1 is 1.00 bits per heavy atom. The minimum Gasteiger partial charge on any atom is -0.461 e. The van der Waals surface area contributed by atoms with E-state index in [2.05, 4.69) is 5.32 Å². The number of hydrogen-bond donors (Lipinski definition) is 1. The van der Waals surface area contributed by atoms with Crippen LogP contribution in [0.4, 0.5) is 5.69 Å². The topological polar surface area (TPSA) is 42.2 Å². The quantitative estimate of drug-likeness (QED) is 0.657. The summed E-state index contributed by atoms with van der Waals surface area (Å²) >= 11 is 5.91. The molecule has 2 aromatic carbocycles. The number of amides is 1. The SMILES string of the molecule is Cc1ccc(NC(=O)c2cc(-c3ccc(Cl)cc3)oc2C)c(C)c1.